The van der Waals surface area contributed by atoms with Gasteiger partial charge in [0.1, 0.15) is 6.07 Å². The summed E-state index contributed by atoms with van der Waals surface area (Å²) in [6.45, 7) is 4.66. The van der Waals surface area contributed by atoms with E-state index in [-0.39, 0.29) is 18.2 Å². The van der Waals surface area contributed by atoms with Crippen molar-refractivity contribution in [2.24, 2.45) is 5.92 Å². The molecule has 1 aromatic carbocycles. The number of nitrogens with zero attached hydrogens (tertiary/aromatic N) is 4. The van der Waals surface area contributed by atoms with Crippen molar-refractivity contribution in [2.45, 2.75) is 20.3 Å². The van der Waals surface area contributed by atoms with Crippen LogP contribution in [0.1, 0.15) is 25.2 Å². The first-order chi connectivity index (χ1) is 11.5. The van der Waals surface area contributed by atoms with Crippen LogP contribution in [0.3, 0.4) is 0 Å². The molecule has 0 unspecified atom stereocenters. The van der Waals surface area contributed by atoms with Gasteiger partial charge in [0, 0.05) is 23.3 Å². The summed E-state index contributed by atoms with van der Waals surface area (Å²) in [4.78, 5) is 20.4. The summed E-state index contributed by atoms with van der Waals surface area (Å²) in [5, 5.41) is 10.6. The van der Waals surface area contributed by atoms with E-state index >= 15 is 0 Å². The summed E-state index contributed by atoms with van der Waals surface area (Å²) >= 11 is 3.37. The molecule has 2 rings (SSSR count). The molecule has 0 saturated heterocycles. The van der Waals surface area contributed by atoms with E-state index in [2.05, 4.69) is 31.3 Å². The quantitative estimate of drug-likeness (QED) is 0.770. The zero-order valence-corrected chi connectivity index (χ0v) is 15.1. The molecule has 0 atom stereocenters. The van der Waals surface area contributed by atoms with Crippen LogP contribution in [0.4, 0.5) is 5.82 Å². The number of halogens is 1. The molecule has 7 heteroatoms. The maximum atomic E-state index is 12.3. The molecule has 0 radical (unpaired) electrons. The van der Waals surface area contributed by atoms with Gasteiger partial charge in [-0.1, -0.05) is 41.9 Å². The number of nitriles is 1. The van der Waals surface area contributed by atoms with Gasteiger partial charge in [-0.15, -0.1) is 0 Å². The summed E-state index contributed by atoms with van der Waals surface area (Å²) in [6.07, 6.45) is 1.77. The molecule has 1 amide bonds. The third kappa shape index (κ3) is 5.32. The third-order valence-electron chi connectivity index (χ3n) is 3.10. The highest BCUT2D eigenvalue weighted by Gasteiger charge is 2.14. The second kappa shape index (κ2) is 8.41. The van der Waals surface area contributed by atoms with Crippen molar-refractivity contribution in [2.75, 3.05) is 11.6 Å². The number of hydrazine groups is 1. The molecule has 0 fully saturated rings. The number of carbonyl (C=O) groups excluding carboxylic acids is 1. The highest BCUT2D eigenvalue weighted by molar-refractivity contribution is 9.10. The third-order valence-corrected chi connectivity index (χ3v) is 3.63. The molecule has 0 aliphatic rings. The van der Waals surface area contributed by atoms with Gasteiger partial charge >= 0.3 is 0 Å². The minimum Gasteiger partial charge on any atom is -0.273 e. The van der Waals surface area contributed by atoms with Gasteiger partial charge in [0.15, 0.2) is 5.82 Å². The standard InChI is InChI=1S/C17H18BrN5O/c1-12(2)11-23(16-7-8-20-15(10-19)21-16)22-17(24)9-13-3-5-14(18)6-4-13/h3-8,12H,9,11H2,1-2H3,(H,22,24). The average Bonchev–Trinajstić information content (AvgIpc) is 2.56. The molecular weight excluding hydrogens is 370 g/mol. The summed E-state index contributed by atoms with van der Waals surface area (Å²) in [5.41, 5.74) is 3.78. The van der Waals surface area contributed by atoms with Gasteiger partial charge in [-0.25, -0.2) is 4.98 Å². The second-order valence-electron chi connectivity index (χ2n) is 5.69. The smallest absolute Gasteiger partial charge is 0.242 e. The summed E-state index contributed by atoms with van der Waals surface area (Å²) in [5.74, 6) is 0.733. The lowest BCUT2D eigenvalue weighted by molar-refractivity contribution is -0.120. The predicted molar refractivity (Wildman–Crippen MR) is 94.9 cm³/mol. The van der Waals surface area contributed by atoms with Crippen LogP contribution in [0, 0.1) is 17.2 Å². The van der Waals surface area contributed by atoms with E-state index in [1.165, 1.54) is 6.20 Å². The number of hydrogen-bond acceptors (Lipinski definition) is 5. The molecule has 24 heavy (non-hydrogen) atoms. The molecule has 6 nitrogen and oxygen atoms in total. The largest absolute Gasteiger partial charge is 0.273 e. The van der Waals surface area contributed by atoms with Crippen LogP contribution in [0.2, 0.25) is 0 Å². The first kappa shape index (κ1) is 17.9. The van der Waals surface area contributed by atoms with Crippen molar-refractivity contribution in [3.8, 4) is 6.07 Å². The molecule has 0 saturated carbocycles. The normalized spacial score (nSPS) is 10.3. The van der Waals surface area contributed by atoms with Crippen molar-refractivity contribution in [3.05, 3.63) is 52.4 Å². The van der Waals surface area contributed by atoms with E-state index in [1.807, 2.05) is 44.2 Å². The second-order valence-corrected chi connectivity index (χ2v) is 6.61. The SMILES string of the molecule is CC(C)CN(NC(=O)Cc1ccc(Br)cc1)c1ccnc(C#N)n1. The van der Waals surface area contributed by atoms with Crippen LogP contribution in [-0.4, -0.2) is 22.4 Å². The number of nitrogens with one attached hydrogen (secondary N) is 1. The van der Waals surface area contributed by atoms with Crippen LogP contribution in [0.25, 0.3) is 0 Å². The molecular formula is C17H18BrN5O. The van der Waals surface area contributed by atoms with Gasteiger partial charge < -0.3 is 0 Å². The Morgan fingerprint density at radius 3 is 2.67 bits per heavy atom. The van der Waals surface area contributed by atoms with Crippen LogP contribution in [-0.2, 0) is 11.2 Å². The minimum atomic E-state index is -0.143. The number of rotatable bonds is 6. The number of carbonyl (C=O) groups is 1. The number of anilines is 1. The molecule has 1 N–H and O–H groups in total. The zero-order valence-electron chi connectivity index (χ0n) is 13.5. The van der Waals surface area contributed by atoms with Gasteiger partial charge in [0.25, 0.3) is 0 Å². The van der Waals surface area contributed by atoms with Crippen molar-refractivity contribution < 1.29 is 4.79 Å². The van der Waals surface area contributed by atoms with Gasteiger partial charge in [-0.2, -0.15) is 10.2 Å². The molecule has 2 aromatic rings. The lowest BCUT2D eigenvalue weighted by atomic mass is 10.1. The van der Waals surface area contributed by atoms with Crippen molar-refractivity contribution in [1.82, 2.24) is 15.4 Å². The predicted octanol–water partition coefficient (Wildman–Crippen LogP) is 2.85. The van der Waals surface area contributed by atoms with Crippen LogP contribution in [0.5, 0.6) is 0 Å². The molecule has 1 aromatic heterocycles. The van der Waals surface area contributed by atoms with Crippen molar-refractivity contribution in [1.29, 1.82) is 5.26 Å². The molecule has 0 spiro atoms. The monoisotopic (exact) mass is 387 g/mol. The molecule has 0 aliphatic carbocycles. The number of amides is 1. The maximum absolute atomic E-state index is 12.3. The minimum absolute atomic E-state index is 0.0726. The first-order valence-corrected chi connectivity index (χ1v) is 8.32. The summed E-state index contributed by atoms with van der Waals surface area (Å²) in [6, 6.07) is 11.2. The van der Waals surface area contributed by atoms with E-state index in [4.69, 9.17) is 5.26 Å². The number of benzene rings is 1. The number of hydrogen-bond donors (Lipinski definition) is 1. The van der Waals surface area contributed by atoms with E-state index < -0.39 is 0 Å². The highest BCUT2D eigenvalue weighted by Crippen LogP contribution is 2.12. The summed E-state index contributed by atoms with van der Waals surface area (Å²) < 4.78 is 0.970. The van der Waals surface area contributed by atoms with Crippen molar-refractivity contribution >= 4 is 27.7 Å². The Hall–Kier alpha value is -2.46. The average molecular weight is 388 g/mol. The molecule has 0 aliphatic heterocycles. The Morgan fingerprint density at radius 1 is 1.33 bits per heavy atom. The maximum Gasteiger partial charge on any atom is 0.242 e. The van der Waals surface area contributed by atoms with Gasteiger partial charge in [0.2, 0.25) is 11.7 Å². The first-order valence-electron chi connectivity index (χ1n) is 7.52. The topological polar surface area (TPSA) is 81.9 Å². The van der Waals surface area contributed by atoms with E-state index in [9.17, 15) is 4.79 Å². The highest BCUT2D eigenvalue weighted by atomic mass is 79.9. The fraction of sp³-hybridized carbons (Fsp3) is 0.294. The summed E-state index contributed by atoms with van der Waals surface area (Å²) in [7, 11) is 0. The van der Waals surface area contributed by atoms with Gasteiger partial charge in [-0.3, -0.25) is 15.2 Å². The fourth-order valence-corrected chi connectivity index (χ4v) is 2.36. The molecule has 124 valence electrons. The fourth-order valence-electron chi connectivity index (χ4n) is 2.09. The van der Waals surface area contributed by atoms with Gasteiger partial charge in [-0.05, 0) is 23.6 Å². The van der Waals surface area contributed by atoms with Crippen LogP contribution < -0.4 is 10.4 Å². The lowest BCUT2D eigenvalue weighted by Crippen LogP contribution is -2.45. The molecule has 1 heterocycles. The Kier molecular flexibility index (Phi) is 6.27. The van der Waals surface area contributed by atoms with Crippen LogP contribution in [0.15, 0.2) is 41.0 Å². The van der Waals surface area contributed by atoms with E-state index in [1.54, 1.807) is 11.1 Å². The zero-order chi connectivity index (χ0) is 17.5. The van der Waals surface area contributed by atoms with Crippen molar-refractivity contribution in [3.63, 3.8) is 0 Å². The van der Waals surface area contributed by atoms with E-state index in [0.717, 1.165) is 10.0 Å². The Bertz CT molecular complexity index is 739. The van der Waals surface area contributed by atoms with Gasteiger partial charge in [0.05, 0.1) is 6.42 Å². The lowest BCUT2D eigenvalue weighted by Gasteiger charge is -2.26. The number of aromatic nitrogens is 2. The Labute approximate surface area is 149 Å². The van der Waals surface area contributed by atoms with Crippen LogP contribution >= 0.6 is 15.9 Å². The molecule has 0 bridgehead atoms. The Balaban J connectivity index is 2.11. The Morgan fingerprint density at radius 2 is 2.04 bits per heavy atom. The van der Waals surface area contributed by atoms with E-state index in [0.29, 0.717) is 18.3 Å².